The highest BCUT2D eigenvalue weighted by Gasteiger charge is 2.33. The van der Waals surface area contributed by atoms with Crippen LogP contribution in [0.15, 0.2) is 16.5 Å². The zero-order valence-electron chi connectivity index (χ0n) is 12.2. The molecule has 2 aromatic rings. The van der Waals surface area contributed by atoms with Crippen molar-refractivity contribution in [2.75, 3.05) is 0 Å². The lowest BCUT2D eigenvalue weighted by Crippen LogP contribution is -2.16. The van der Waals surface area contributed by atoms with Crippen LogP contribution in [0.2, 0.25) is 0 Å². The lowest BCUT2D eigenvalue weighted by atomic mass is 10.3. The molecule has 0 amide bonds. The standard InChI is InChI=1S/C14H11Cl6N3O/c1-2-3-8-4-5-9(24-8)6-7-10-21-11(13(15,16)17)23-12(22-10)14(18,19)20/h4-7H,2-3H2,1H3. The molecule has 0 radical (unpaired) electrons. The van der Waals surface area contributed by atoms with Gasteiger partial charge in [-0.25, -0.2) is 15.0 Å². The van der Waals surface area contributed by atoms with Crippen LogP contribution >= 0.6 is 69.6 Å². The highest BCUT2D eigenvalue weighted by Crippen LogP contribution is 2.39. The number of rotatable bonds is 4. The molecule has 0 atom stereocenters. The van der Waals surface area contributed by atoms with Crippen molar-refractivity contribution >= 4 is 81.8 Å². The molecule has 0 bridgehead atoms. The molecular formula is C14H11Cl6N3O. The Morgan fingerprint density at radius 1 is 0.917 bits per heavy atom. The molecule has 10 heteroatoms. The first kappa shape index (κ1) is 20.1. The van der Waals surface area contributed by atoms with Gasteiger partial charge in [0.25, 0.3) is 0 Å². The molecule has 0 aromatic carbocycles. The minimum absolute atomic E-state index is 0.144. The third-order valence-electron chi connectivity index (χ3n) is 2.74. The molecule has 4 nitrogen and oxygen atoms in total. The van der Waals surface area contributed by atoms with Crippen molar-refractivity contribution in [1.82, 2.24) is 15.0 Å². The SMILES string of the molecule is CCCc1ccc(C=Cc2nc(C(Cl)(Cl)Cl)nc(C(Cl)(Cl)Cl)n2)o1. The number of alkyl halides is 6. The lowest BCUT2D eigenvalue weighted by Gasteiger charge is -2.14. The molecule has 0 aliphatic rings. The third kappa shape index (κ3) is 5.65. The summed E-state index contributed by atoms with van der Waals surface area (Å²) in [7, 11) is 0. The van der Waals surface area contributed by atoms with E-state index < -0.39 is 7.59 Å². The number of aryl methyl sites for hydroxylation is 1. The Morgan fingerprint density at radius 3 is 2.00 bits per heavy atom. The van der Waals surface area contributed by atoms with Crippen molar-refractivity contribution in [3.05, 3.63) is 41.1 Å². The average molecular weight is 450 g/mol. The van der Waals surface area contributed by atoms with Gasteiger partial charge in [0, 0.05) is 6.42 Å². The molecular weight excluding hydrogens is 439 g/mol. The Labute approximate surface area is 169 Å². The first-order valence-corrected chi connectivity index (χ1v) is 9.03. The molecule has 0 saturated carbocycles. The van der Waals surface area contributed by atoms with Crippen LogP contribution in [-0.4, -0.2) is 15.0 Å². The van der Waals surface area contributed by atoms with Crippen LogP contribution in [0.5, 0.6) is 0 Å². The van der Waals surface area contributed by atoms with Gasteiger partial charge in [-0.05, 0) is 30.7 Å². The van der Waals surface area contributed by atoms with Crippen molar-refractivity contribution < 1.29 is 4.42 Å². The van der Waals surface area contributed by atoms with Crippen molar-refractivity contribution in [3.8, 4) is 0 Å². The second kappa shape index (κ2) is 7.98. The Kier molecular flexibility index (Phi) is 6.68. The van der Waals surface area contributed by atoms with Crippen LogP contribution in [0.3, 0.4) is 0 Å². The van der Waals surface area contributed by atoms with E-state index in [1.54, 1.807) is 12.2 Å². The second-order valence-corrected chi connectivity index (χ2v) is 9.29. The second-order valence-electron chi connectivity index (χ2n) is 4.72. The van der Waals surface area contributed by atoms with Crippen molar-refractivity contribution in [3.63, 3.8) is 0 Å². The summed E-state index contributed by atoms with van der Waals surface area (Å²) in [5.74, 6) is 1.40. The molecule has 0 unspecified atom stereocenters. The van der Waals surface area contributed by atoms with E-state index >= 15 is 0 Å². The van der Waals surface area contributed by atoms with Gasteiger partial charge >= 0.3 is 0 Å². The quantitative estimate of drug-likeness (QED) is 0.518. The van der Waals surface area contributed by atoms with Crippen LogP contribution < -0.4 is 0 Å². The van der Waals surface area contributed by atoms with E-state index in [4.69, 9.17) is 74.0 Å². The molecule has 0 aliphatic heterocycles. The Balaban J connectivity index is 2.36. The van der Waals surface area contributed by atoms with E-state index in [1.165, 1.54) is 0 Å². The monoisotopic (exact) mass is 447 g/mol. The van der Waals surface area contributed by atoms with E-state index in [0.717, 1.165) is 18.6 Å². The highest BCUT2D eigenvalue weighted by molar-refractivity contribution is 6.67. The summed E-state index contributed by atoms with van der Waals surface area (Å²) in [4.78, 5) is 12.0. The largest absolute Gasteiger partial charge is 0.462 e. The summed E-state index contributed by atoms with van der Waals surface area (Å²) in [6, 6.07) is 3.73. The number of halogens is 6. The zero-order valence-corrected chi connectivity index (χ0v) is 16.8. The maximum absolute atomic E-state index is 5.81. The highest BCUT2D eigenvalue weighted by atomic mass is 35.6. The topological polar surface area (TPSA) is 51.8 Å². The molecule has 2 rings (SSSR count). The molecule has 0 aliphatic carbocycles. The summed E-state index contributed by atoms with van der Waals surface area (Å²) in [6.45, 7) is 2.07. The molecule has 24 heavy (non-hydrogen) atoms. The van der Waals surface area contributed by atoms with Crippen LogP contribution in [0, 0.1) is 0 Å². The molecule has 0 N–H and O–H groups in total. The first-order valence-electron chi connectivity index (χ1n) is 6.77. The molecule has 130 valence electrons. The van der Waals surface area contributed by atoms with Gasteiger partial charge in [0.05, 0.1) is 0 Å². The van der Waals surface area contributed by atoms with Crippen LogP contribution in [0.1, 0.15) is 42.3 Å². The van der Waals surface area contributed by atoms with Gasteiger partial charge in [-0.15, -0.1) is 0 Å². The number of nitrogens with zero attached hydrogens (tertiary/aromatic N) is 3. The van der Waals surface area contributed by atoms with Crippen LogP contribution in [-0.2, 0) is 14.0 Å². The molecule has 2 heterocycles. The molecule has 0 saturated heterocycles. The summed E-state index contributed by atoms with van der Waals surface area (Å²) < 4.78 is 1.87. The van der Waals surface area contributed by atoms with Gasteiger partial charge in [0.1, 0.15) is 11.5 Å². The zero-order chi connectivity index (χ0) is 18.0. The Bertz CT molecular complexity index is 701. The third-order valence-corrected chi connectivity index (χ3v) is 3.75. The summed E-state index contributed by atoms with van der Waals surface area (Å²) in [6.07, 6.45) is 5.06. The minimum Gasteiger partial charge on any atom is -0.462 e. The van der Waals surface area contributed by atoms with Gasteiger partial charge in [-0.1, -0.05) is 76.5 Å². The maximum atomic E-state index is 5.81. The fourth-order valence-corrected chi connectivity index (χ4v) is 2.25. The fourth-order valence-electron chi connectivity index (χ4n) is 1.74. The van der Waals surface area contributed by atoms with Gasteiger partial charge in [-0.2, -0.15) is 0 Å². The van der Waals surface area contributed by atoms with Crippen LogP contribution in [0.25, 0.3) is 12.2 Å². The van der Waals surface area contributed by atoms with Crippen molar-refractivity contribution in [2.45, 2.75) is 27.4 Å². The van der Waals surface area contributed by atoms with E-state index in [-0.39, 0.29) is 17.5 Å². The number of furan rings is 1. The number of hydrogen-bond acceptors (Lipinski definition) is 4. The molecule has 0 spiro atoms. The van der Waals surface area contributed by atoms with E-state index in [0.29, 0.717) is 5.76 Å². The van der Waals surface area contributed by atoms with Crippen molar-refractivity contribution in [2.24, 2.45) is 0 Å². The Morgan fingerprint density at radius 2 is 1.50 bits per heavy atom. The number of hydrogen-bond donors (Lipinski definition) is 0. The van der Waals surface area contributed by atoms with Gasteiger partial charge < -0.3 is 4.42 Å². The predicted octanol–water partition coefficient (Wildman–Crippen LogP) is 6.24. The lowest BCUT2D eigenvalue weighted by molar-refractivity contribution is 0.498. The van der Waals surface area contributed by atoms with Gasteiger partial charge in [0.2, 0.25) is 7.59 Å². The van der Waals surface area contributed by atoms with Crippen LogP contribution in [0.4, 0.5) is 0 Å². The van der Waals surface area contributed by atoms with E-state index in [2.05, 4.69) is 21.9 Å². The molecule has 0 fully saturated rings. The normalized spacial score (nSPS) is 13.0. The van der Waals surface area contributed by atoms with E-state index in [9.17, 15) is 0 Å². The van der Waals surface area contributed by atoms with Gasteiger partial charge in [0.15, 0.2) is 17.5 Å². The fraction of sp³-hybridized carbons (Fsp3) is 0.357. The minimum atomic E-state index is -1.88. The average Bonchev–Trinajstić information content (AvgIpc) is 2.91. The maximum Gasteiger partial charge on any atom is 0.250 e. The number of aromatic nitrogens is 3. The van der Waals surface area contributed by atoms with E-state index in [1.807, 2.05) is 12.1 Å². The summed E-state index contributed by atoms with van der Waals surface area (Å²) >= 11 is 34.9. The van der Waals surface area contributed by atoms with Gasteiger partial charge in [-0.3, -0.25) is 0 Å². The smallest absolute Gasteiger partial charge is 0.250 e. The molecule has 2 aromatic heterocycles. The summed E-state index contributed by atoms with van der Waals surface area (Å²) in [5.41, 5.74) is 0. The first-order chi connectivity index (χ1) is 11.1. The van der Waals surface area contributed by atoms with Crippen molar-refractivity contribution in [1.29, 1.82) is 0 Å². The Hall–Kier alpha value is -0.230. The predicted molar refractivity (Wildman–Crippen MR) is 99.9 cm³/mol. The summed E-state index contributed by atoms with van der Waals surface area (Å²) in [5, 5.41) is 0.